The van der Waals surface area contributed by atoms with E-state index in [2.05, 4.69) is 24.1 Å². The summed E-state index contributed by atoms with van der Waals surface area (Å²) in [4.78, 5) is 15.8. The van der Waals surface area contributed by atoms with E-state index in [1.54, 1.807) is 6.20 Å². The van der Waals surface area contributed by atoms with Crippen molar-refractivity contribution in [2.45, 2.75) is 32.7 Å². The molecule has 0 aromatic carbocycles. The summed E-state index contributed by atoms with van der Waals surface area (Å²) in [5, 5.41) is 2.84. The Morgan fingerprint density at radius 1 is 1.59 bits per heavy atom. The molecule has 0 aliphatic carbocycles. The largest absolute Gasteiger partial charge is 0.354 e. The molecule has 1 aromatic rings. The standard InChI is InChI=1S/C12H22N4O/c1-9(2)8-10(13)12(17)15-5-4-11-14-6-7-16(11)3/h6-7,9-10H,4-5,8,13H2,1-3H3,(H,15,17)/t10-/m1/s1. The smallest absolute Gasteiger partial charge is 0.236 e. The van der Waals surface area contributed by atoms with Crippen LogP contribution in [0.25, 0.3) is 0 Å². The van der Waals surface area contributed by atoms with Gasteiger partial charge in [0.1, 0.15) is 5.82 Å². The molecule has 1 rings (SSSR count). The summed E-state index contributed by atoms with van der Waals surface area (Å²) in [6, 6.07) is -0.406. The Hall–Kier alpha value is -1.36. The zero-order valence-corrected chi connectivity index (χ0v) is 10.8. The van der Waals surface area contributed by atoms with E-state index in [4.69, 9.17) is 5.73 Å². The molecule has 0 unspecified atom stereocenters. The van der Waals surface area contributed by atoms with E-state index in [9.17, 15) is 4.79 Å². The maximum Gasteiger partial charge on any atom is 0.236 e. The highest BCUT2D eigenvalue weighted by Gasteiger charge is 2.14. The second-order valence-corrected chi connectivity index (χ2v) is 4.73. The van der Waals surface area contributed by atoms with E-state index in [1.165, 1.54) is 0 Å². The van der Waals surface area contributed by atoms with Crippen molar-refractivity contribution < 1.29 is 4.79 Å². The molecule has 17 heavy (non-hydrogen) atoms. The number of carbonyl (C=O) groups is 1. The number of nitrogens with one attached hydrogen (secondary N) is 1. The first-order valence-electron chi connectivity index (χ1n) is 6.00. The SMILES string of the molecule is CC(C)C[C@@H](N)C(=O)NCCc1nccn1C. The van der Waals surface area contributed by atoms with Crippen molar-refractivity contribution in [1.82, 2.24) is 14.9 Å². The maximum atomic E-state index is 11.6. The van der Waals surface area contributed by atoms with Gasteiger partial charge in [-0.1, -0.05) is 13.8 Å². The fraction of sp³-hybridized carbons (Fsp3) is 0.667. The van der Waals surface area contributed by atoms with E-state index in [0.717, 1.165) is 12.2 Å². The molecular formula is C12H22N4O. The monoisotopic (exact) mass is 238 g/mol. The summed E-state index contributed by atoms with van der Waals surface area (Å²) < 4.78 is 1.94. The number of imidazole rings is 1. The first-order valence-corrected chi connectivity index (χ1v) is 6.00. The van der Waals surface area contributed by atoms with Crippen molar-refractivity contribution in [2.24, 2.45) is 18.7 Å². The number of aromatic nitrogens is 2. The van der Waals surface area contributed by atoms with Crippen LogP contribution in [-0.2, 0) is 18.3 Å². The number of nitrogens with zero attached hydrogens (tertiary/aromatic N) is 2. The minimum atomic E-state index is -0.406. The molecule has 0 saturated heterocycles. The van der Waals surface area contributed by atoms with Gasteiger partial charge < -0.3 is 15.6 Å². The van der Waals surface area contributed by atoms with Crippen molar-refractivity contribution in [1.29, 1.82) is 0 Å². The van der Waals surface area contributed by atoms with Crippen LogP contribution in [0, 0.1) is 5.92 Å². The van der Waals surface area contributed by atoms with E-state index in [-0.39, 0.29) is 5.91 Å². The number of hydrogen-bond donors (Lipinski definition) is 2. The number of amides is 1. The minimum Gasteiger partial charge on any atom is -0.354 e. The Morgan fingerprint density at radius 3 is 2.82 bits per heavy atom. The molecule has 3 N–H and O–H groups in total. The molecule has 1 aromatic heterocycles. The third-order valence-electron chi connectivity index (χ3n) is 2.63. The summed E-state index contributed by atoms with van der Waals surface area (Å²) in [6.07, 6.45) is 5.08. The topological polar surface area (TPSA) is 72.9 Å². The van der Waals surface area contributed by atoms with E-state index < -0.39 is 6.04 Å². The van der Waals surface area contributed by atoms with Crippen LogP contribution in [0.1, 0.15) is 26.1 Å². The average Bonchev–Trinajstić information content (AvgIpc) is 2.63. The van der Waals surface area contributed by atoms with Gasteiger partial charge in [-0.15, -0.1) is 0 Å². The van der Waals surface area contributed by atoms with Gasteiger partial charge in [-0.05, 0) is 12.3 Å². The van der Waals surface area contributed by atoms with Crippen LogP contribution in [0.3, 0.4) is 0 Å². The van der Waals surface area contributed by atoms with Crippen molar-refractivity contribution in [3.05, 3.63) is 18.2 Å². The Kier molecular flexibility index (Phi) is 5.15. The Bertz CT molecular complexity index is 359. The second-order valence-electron chi connectivity index (χ2n) is 4.73. The van der Waals surface area contributed by atoms with Crippen LogP contribution < -0.4 is 11.1 Å². The summed E-state index contributed by atoms with van der Waals surface area (Å²) in [6.45, 7) is 4.69. The van der Waals surface area contributed by atoms with Crippen LogP contribution in [0.2, 0.25) is 0 Å². The molecule has 0 saturated carbocycles. The molecule has 1 amide bonds. The highest BCUT2D eigenvalue weighted by molar-refractivity contribution is 5.81. The highest BCUT2D eigenvalue weighted by atomic mass is 16.2. The lowest BCUT2D eigenvalue weighted by Gasteiger charge is -2.13. The Morgan fingerprint density at radius 2 is 2.29 bits per heavy atom. The summed E-state index contributed by atoms with van der Waals surface area (Å²) in [7, 11) is 1.94. The van der Waals surface area contributed by atoms with Crippen LogP contribution in [0.5, 0.6) is 0 Å². The molecule has 0 aliphatic rings. The van der Waals surface area contributed by atoms with Crippen molar-refractivity contribution in [3.8, 4) is 0 Å². The Labute approximate surface area is 102 Å². The first kappa shape index (κ1) is 13.7. The van der Waals surface area contributed by atoms with Gasteiger partial charge in [0, 0.05) is 32.4 Å². The number of hydrogen-bond acceptors (Lipinski definition) is 3. The highest BCUT2D eigenvalue weighted by Crippen LogP contribution is 2.02. The van der Waals surface area contributed by atoms with Gasteiger partial charge in [0.15, 0.2) is 0 Å². The second kappa shape index (κ2) is 6.39. The van der Waals surface area contributed by atoms with Gasteiger partial charge >= 0.3 is 0 Å². The number of nitrogens with two attached hydrogens (primary N) is 1. The molecule has 0 aliphatic heterocycles. The van der Waals surface area contributed by atoms with E-state index in [1.807, 2.05) is 17.8 Å². The summed E-state index contributed by atoms with van der Waals surface area (Å²) in [5.74, 6) is 1.32. The normalized spacial score (nSPS) is 12.8. The predicted molar refractivity (Wildman–Crippen MR) is 67.4 cm³/mol. The van der Waals surface area contributed by atoms with Gasteiger partial charge in [0.2, 0.25) is 5.91 Å². The van der Waals surface area contributed by atoms with Crippen molar-refractivity contribution in [2.75, 3.05) is 6.54 Å². The van der Waals surface area contributed by atoms with Crippen molar-refractivity contribution in [3.63, 3.8) is 0 Å². The molecule has 0 spiro atoms. The fourth-order valence-corrected chi connectivity index (χ4v) is 1.68. The molecule has 96 valence electrons. The van der Waals surface area contributed by atoms with Crippen LogP contribution in [0.15, 0.2) is 12.4 Å². The third kappa shape index (κ3) is 4.56. The Balaban J connectivity index is 2.27. The molecule has 5 heteroatoms. The average molecular weight is 238 g/mol. The summed E-state index contributed by atoms with van der Waals surface area (Å²) >= 11 is 0. The van der Waals surface area contributed by atoms with Gasteiger partial charge in [-0.3, -0.25) is 4.79 Å². The van der Waals surface area contributed by atoms with Gasteiger partial charge in [0.05, 0.1) is 6.04 Å². The third-order valence-corrected chi connectivity index (χ3v) is 2.63. The van der Waals surface area contributed by atoms with E-state index in [0.29, 0.717) is 18.9 Å². The van der Waals surface area contributed by atoms with E-state index >= 15 is 0 Å². The van der Waals surface area contributed by atoms with Crippen LogP contribution in [-0.4, -0.2) is 28.0 Å². The maximum absolute atomic E-state index is 11.6. The number of aryl methyl sites for hydroxylation is 1. The lowest BCUT2D eigenvalue weighted by atomic mass is 10.0. The van der Waals surface area contributed by atoms with Gasteiger partial charge in [-0.25, -0.2) is 4.98 Å². The number of rotatable bonds is 6. The predicted octanol–water partition coefficient (Wildman–Crippen LogP) is 0.452. The van der Waals surface area contributed by atoms with Gasteiger partial charge in [0.25, 0.3) is 0 Å². The summed E-state index contributed by atoms with van der Waals surface area (Å²) in [5.41, 5.74) is 5.77. The molecule has 0 fully saturated rings. The quantitative estimate of drug-likeness (QED) is 0.756. The van der Waals surface area contributed by atoms with Crippen LogP contribution in [0.4, 0.5) is 0 Å². The first-order chi connectivity index (χ1) is 8.00. The minimum absolute atomic E-state index is 0.0760. The molecule has 0 bridgehead atoms. The zero-order chi connectivity index (χ0) is 12.8. The molecule has 1 heterocycles. The lowest BCUT2D eigenvalue weighted by Crippen LogP contribution is -2.42. The molecular weight excluding hydrogens is 216 g/mol. The fourth-order valence-electron chi connectivity index (χ4n) is 1.68. The molecule has 0 radical (unpaired) electrons. The zero-order valence-electron chi connectivity index (χ0n) is 10.8. The molecule has 5 nitrogen and oxygen atoms in total. The molecule has 1 atom stereocenters. The number of carbonyl (C=O) groups excluding carboxylic acids is 1. The van der Waals surface area contributed by atoms with Gasteiger partial charge in [-0.2, -0.15) is 0 Å². The lowest BCUT2D eigenvalue weighted by molar-refractivity contribution is -0.122. The van der Waals surface area contributed by atoms with Crippen LogP contribution >= 0.6 is 0 Å². The van der Waals surface area contributed by atoms with Crippen molar-refractivity contribution >= 4 is 5.91 Å².